The molecule has 6 nitrogen and oxygen atoms in total. The molecule has 3 aromatic rings. The van der Waals surface area contributed by atoms with Crippen molar-refractivity contribution in [2.45, 2.75) is 57.5 Å². The fraction of sp³-hybridized carbons (Fsp3) is 0.400. The lowest BCUT2D eigenvalue weighted by Crippen LogP contribution is -2.20. The van der Waals surface area contributed by atoms with E-state index in [9.17, 15) is 9.90 Å². The smallest absolute Gasteiger partial charge is 0.335 e. The quantitative estimate of drug-likeness (QED) is 0.628. The molecule has 1 saturated carbocycles. The number of allylic oxidation sites excluding steroid dienone is 4. The van der Waals surface area contributed by atoms with Crippen molar-refractivity contribution in [3.8, 4) is 0 Å². The summed E-state index contributed by atoms with van der Waals surface area (Å²) in [5, 5.41) is 19.5. The Morgan fingerprint density at radius 2 is 2.03 bits per heavy atom. The molecule has 3 aliphatic rings. The van der Waals surface area contributed by atoms with Crippen molar-refractivity contribution in [2.75, 3.05) is 0 Å². The molecule has 3 heterocycles. The van der Waals surface area contributed by atoms with Crippen LogP contribution >= 0.6 is 0 Å². The maximum Gasteiger partial charge on any atom is 0.335 e. The van der Waals surface area contributed by atoms with Gasteiger partial charge in [0.15, 0.2) is 5.82 Å². The Morgan fingerprint density at radius 1 is 1.19 bits per heavy atom. The van der Waals surface area contributed by atoms with E-state index in [1.54, 1.807) is 6.07 Å². The van der Waals surface area contributed by atoms with Crippen LogP contribution < -0.4 is 0 Å². The lowest BCUT2D eigenvalue weighted by Gasteiger charge is -2.30. The van der Waals surface area contributed by atoms with E-state index in [0.717, 1.165) is 11.3 Å². The average molecular weight is 415 g/mol. The third-order valence-electron chi connectivity index (χ3n) is 7.39. The van der Waals surface area contributed by atoms with Gasteiger partial charge in [0.2, 0.25) is 0 Å². The molecule has 2 aromatic heterocycles. The summed E-state index contributed by atoms with van der Waals surface area (Å²) in [6, 6.07) is 5.79. The molecule has 0 radical (unpaired) electrons. The van der Waals surface area contributed by atoms with Crippen molar-refractivity contribution in [1.82, 2.24) is 19.3 Å². The van der Waals surface area contributed by atoms with Gasteiger partial charge in [0.1, 0.15) is 6.33 Å². The average Bonchev–Trinajstić information content (AvgIpc) is 3.33. The molecule has 1 N–H and O–H groups in total. The van der Waals surface area contributed by atoms with Crippen LogP contribution in [0.15, 0.2) is 42.8 Å². The van der Waals surface area contributed by atoms with Crippen LogP contribution in [0, 0.1) is 5.92 Å². The standard InChI is InChI=1S/C25H26N4O2/c1-15-6-5-9-19-23(15)29-14-26-27-21(29)13-28-20-12-17(25(30)31)10-11-18(20)22(24(19)28)16-7-3-2-4-8-16/h5-6,9-12,14-16,23H,2-4,7-8,13H2,1H3,(H,30,31). The van der Waals surface area contributed by atoms with Gasteiger partial charge < -0.3 is 14.2 Å². The molecule has 1 aliphatic heterocycles. The molecule has 2 atom stereocenters. The van der Waals surface area contributed by atoms with Gasteiger partial charge in [-0.2, -0.15) is 0 Å². The Morgan fingerprint density at radius 3 is 2.84 bits per heavy atom. The highest BCUT2D eigenvalue weighted by molar-refractivity contribution is 5.97. The number of carboxylic acid groups (broad SMARTS) is 1. The minimum atomic E-state index is -0.889. The van der Waals surface area contributed by atoms with Crippen LogP contribution in [0.2, 0.25) is 0 Å². The fourth-order valence-electron chi connectivity index (χ4n) is 5.99. The monoisotopic (exact) mass is 414 g/mol. The van der Waals surface area contributed by atoms with Crippen molar-refractivity contribution in [3.05, 3.63) is 65.4 Å². The van der Waals surface area contributed by atoms with Crippen LogP contribution in [0.4, 0.5) is 0 Å². The SMILES string of the molecule is CC1C=CC=C2c3c(C4CCCCC4)c4ccc(C(=O)O)cc4n3Cc3nncn3C21. The number of rotatable bonds is 2. The summed E-state index contributed by atoms with van der Waals surface area (Å²) < 4.78 is 4.52. The number of nitrogens with zero attached hydrogens (tertiary/aromatic N) is 4. The summed E-state index contributed by atoms with van der Waals surface area (Å²) in [5.41, 5.74) is 5.30. The zero-order valence-corrected chi connectivity index (χ0v) is 17.7. The van der Waals surface area contributed by atoms with E-state index >= 15 is 0 Å². The topological polar surface area (TPSA) is 72.9 Å². The first-order valence-corrected chi connectivity index (χ1v) is 11.3. The van der Waals surface area contributed by atoms with Crippen LogP contribution in [0.5, 0.6) is 0 Å². The number of benzene rings is 1. The van der Waals surface area contributed by atoms with Crippen LogP contribution in [0.25, 0.3) is 16.5 Å². The molecular weight excluding hydrogens is 388 g/mol. The summed E-state index contributed by atoms with van der Waals surface area (Å²) in [6.07, 6.45) is 14.7. The molecular formula is C25H26N4O2. The maximum absolute atomic E-state index is 11.8. The first-order valence-electron chi connectivity index (χ1n) is 11.3. The Balaban J connectivity index is 1.69. The van der Waals surface area contributed by atoms with E-state index in [2.05, 4.69) is 44.5 Å². The molecule has 0 bridgehead atoms. The number of hydrogen-bond donors (Lipinski definition) is 1. The molecule has 2 unspecified atom stereocenters. The lowest BCUT2D eigenvalue weighted by molar-refractivity contribution is 0.0697. The van der Waals surface area contributed by atoms with Gasteiger partial charge in [0.25, 0.3) is 0 Å². The first kappa shape index (κ1) is 18.6. The Bertz CT molecular complexity index is 1260. The molecule has 6 heteroatoms. The van der Waals surface area contributed by atoms with Crippen LogP contribution in [0.1, 0.15) is 78.4 Å². The van der Waals surface area contributed by atoms with E-state index in [-0.39, 0.29) is 6.04 Å². The second kappa shape index (κ2) is 6.94. The zero-order valence-electron chi connectivity index (χ0n) is 17.7. The zero-order chi connectivity index (χ0) is 21.1. The third kappa shape index (κ3) is 2.74. The molecule has 158 valence electrons. The molecule has 2 aliphatic carbocycles. The number of aromatic carboxylic acids is 1. The molecule has 0 spiro atoms. The summed E-state index contributed by atoms with van der Waals surface area (Å²) >= 11 is 0. The van der Waals surface area contributed by atoms with E-state index in [1.807, 2.05) is 18.5 Å². The lowest BCUT2D eigenvalue weighted by atomic mass is 9.79. The molecule has 1 fully saturated rings. The molecule has 0 amide bonds. The van der Waals surface area contributed by atoms with Crippen LogP contribution in [0.3, 0.4) is 0 Å². The van der Waals surface area contributed by atoms with E-state index in [4.69, 9.17) is 0 Å². The summed E-state index contributed by atoms with van der Waals surface area (Å²) in [5.74, 6) is 0.868. The minimum absolute atomic E-state index is 0.154. The number of hydrogen-bond acceptors (Lipinski definition) is 3. The van der Waals surface area contributed by atoms with Gasteiger partial charge in [-0.1, -0.05) is 50.5 Å². The van der Waals surface area contributed by atoms with Crippen molar-refractivity contribution in [3.63, 3.8) is 0 Å². The molecule has 6 rings (SSSR count). The molecule has 31 heavy (non-hydrogen) atoms. The van der Waals surface area contributed by atoms with Gasteiger partial charge in [0.05, 0.1) is 29.4 Å². The maximum atomic E-state index is 11.8. The Kier molecular flexibility index (Phi) is 4.16. The highest BCUT2D eigenvalue weighted by Gasteiger charge is 2.36. The van der Waals surface area contributed by atoms with E-state index in [1.165, 1.54) is 54.3 Å². The first-order chi connectivity index (χ1) is 15.1. The van der Waals surface area contributed by atoms with E-state index in [0.29, 0.717) is 23.9 Å². The third-order valence-corrected chi connectivity index (χ3v) is 7.39. The second-order valence-corrected chi connectivity index (χ2v) is 9.19. The number of carboxylic acids is 1. The normalized spacial score (nSPS) is 23.1. The van der Waals surface area contributed by atoms with Crippen LogP contribution in [-0.2, 0) is 6.54 Å². The second-order valence-electron chi connectivity index (χ2n) is 9.19. The van der Waals surface area contributed by atoms with Crippen molar-refractivity contribution >= 4 is 22.4 Å². The van der Waals surface area contributed by atoms with Crippen LogP contribution in [-0.4, -0.2) is 30.4 Å². The summed E-state index contributed by atoms with van der Waals surface area (Å²) in [6.45, 7) is 2.85. The largest absolute Gasteiger partial charge is 0.478 e. The van der Waals surface area contributed by atoms with Gasteiger partial charge in [-0.3, -0.25) is 0 Å². The van der Waals surface area contributed by atoms with Crippen molar-refractivity contribution in [1.29, 1.82) is 0 Å². The summed E-state index contributed by atoms with van der Waals surface area (Å²) in [7, 11) is 0. The van der Waals surface area contributed by atoms with Gasteiger partial charge in [-0.15, -0.1) is 10.2 Å². The molecule has 1 aromatic carbocycles. The van der Waals surface area contributed by atoms with Gasteiger partial charge in [-0.05, 0) is 47.9 Å². The molecule has 0 saturated heterocycles. The predicted octanol–water partition coefficient (Wildman–Crippen LogP) is 5.17. The highest BCUT2D eigenvalue weighted by Crippen LogP contribution is 2.48. The van der Waals surface area contributed by atoms with Crippen molar-refractivity contribution in [2.24, 2.45) is 5.92 Å². The van der Waals surface area contributed by atoms with E-state index < -0.39 is 5.97 Å². The highest BCUT2D eigenvalue weighted by atomic mass is 16.4. The number of carbonyl (C=O) groups is 1. The minimum Gasteiger partial charge on any atom is -0.478 e. The fourth-order valence-corrected chi connectivity index (χ4v) is 5.99. The van der Waals surface area contributed by atoms with Gasteiger partial charge in [-0.25, -0.2) is 4.79 Å². The van der Waals surface area contributed by atoms with Crippen molar-refractivity contribution < 1.29 is 9.90 Å². The predicted molar refractivity (Wildman–Crippen MR) is 119 cm³/mol. The Hall–Kier alpha value is -3.15. The summed E-state index contributed by atoms with van der Waals surface area (Å²) in [4.78, 5) is 11.8. The Labute approximate surface area is 180 Å². The number of fused-ring (bicyclic) bond motifs is 7. The van der Waals surface area contributed by atoms with Gasteiger partial charge in [0, 0.05) is 5.39 Å². The number of aromatic nitrogens is 4. The van der Waals surface area contributed by atoms with Gasteiger partial charge >= 0.3 is 5.97 Å².